The van der Waals surface area contributed by atoms with E-state index in [1.165, 1.54) is 38.4 Å². The molecular weight excluding hydrogens is 360 g/mol. The van der Waals surface area contributed by atoms with Crippen molar-refractivity contribution in [1.29, 1.82) is 0 Å². The van der Waals surface area contributed by atoms with E-state index < -0.39 is 20.0 Å². The Morgan fingerprint density at radius 3 is 1.92 bits per heavy atom. The molecule has 0 bridgehead atoms. The fraction of sp³-hybridized carbons (Fsp3) is 0.294. The Morgan fingerprint density at radius 2 is 1.40 bits per heavy atom. The van der Waals surface area contributed by atoms with Crippen LogP contribution >= 0.6 is 0 Å². The molecule has 2 aromatic carbocycles. The monoisotopic (exact) mass is 382 g/mol. The molecule has 0 aliphatic heterocycles. The summed E-state index contributed by atoms with van der Waals surface area (Å²) in [7, 11) is -4.61. The number of sulfonamides is 2. The van der Waals surface area contributed by atoms with Crippen LogP contribution in [-0.4, -0.2) is 35.2 Å². The smallest absolute Gasteiger partial charge is 0.261 e. The minimum atomic E-state index is -3.81. The van der Waals surface area contributed by atoms with E-state index in [4.69, 9.17) is 0 Å². The molecule has 0 fully saturated rings. The Balaban J connectivity index is 2.53. The molecule has 0 heterocycles. The predicted octanol–water partition coefficient (Wildman–Crippen LogP) is 2.66. The lowest BCUT2D eigenvalue weighted by molar-refractivity contribution is 0.520. The summed E-state index contributed by atoms with van der Waals surface area (Å²) in [5.41, 5.74) is 2.56. The zero-order valence-electron chi connectivity index (χ0n) is 14.9. The summed E-state index contributed by atoms with van der Waals surface area (Å²) in [6.07, 6.45) is 0. The van der Waals surface area contributed by atoms with Crippen LogP contribution < -0.4 is 4.72 Å². The predicted molar refractivity (Wildman–Crippen MR) is 98.8 cm³/mol. The first-order valence-corrected chi connectivity index (χ1v) is 10.5. The first kappa shape index (κ1) is 19.4. The minimum Gasteiger partial charge on any atom is -0.279 e. The average Bonchev–Trinajstić information content (AvgIpc) is 2.51. The van der Waals surface area contributed by atoms with Crippen molar-refractivity contribution in [2.45, 2.75) is 30.6 Å². The fourth-order valence-electron chi connectivity index (χ4n) is 2.21. The fourth-order valence-corrected chi connectivity index (χ4v) is 4.34. The highest BCUT2D eigenvalue weighted by atomic mass is 32.2. The van der Waals surface area contributed by atoms with Crippen LogP contribution in [-0.2, 0) is 20.0 Å². The largest absolute Gasteiger partial charge is 0.279 e. The van der Waals surface area contributed by atoms with Gasteiger partial charge in [0.2, 0.25) is 10.0 Å². The van der Waals surface area contributed by atoms with Crippen molar-refractivity contribution in [3.05, 3.63) is 53.1 Å². The number of aryl methyl sites for hydroxylation is 2. The zero-order chi connectivity index (χ0) is 19.0. The first-order valence-electron chi connectivity index (χ1n) is 7.58. The van der Waals surface area contributed by atoms with E-state index in [1.807, 2.05) is 6.92 Å². The first-order chi connectivity index (χ1) is 11.4. The lowest BCUT2D eigenvalue weighted by Crippen LogP contribution is -2.23. The molecule has 25 heavy (non-hydrogen) atoms. The SMILES string of the molecule is Cc1ccc(S(=O)(=O)Nc2cc(S(=O)(=O)N(C)C)cc(C)c2C)cc1. The van der Waals surface area contributed by atoms with Crippen LogP contribution in [0.15, 0.2) is 46.2 Å². The number of hydrogen-bond donors (Lipinski definition) is 1. The molecule has 0 aliphatic carbocycles. The summed E-state index contributed by atoms with van der Waals surface area (Å²) in [6.45, 7) is 5.36. The van der Waals surface area contributed by atoms with Crippen molar-refractivity contribution < 1.29 is 16.8 Å². The summed E-state index contributed by atoms with van der Waals surface area (Å²) in [6, 6.07) is 9.33. The van der Waals surface area contributed by atoms with Crippen LogP contribution in [0, 0.1) is 20.8 Å². The van der Waals surface area contributed by atoms with Crippen molar-refractivity contribution in [2.75, 3.05) is 18.8 Å². The third-order valence-corrected chi connectivity index (χ3v) is 7.17. The van der Waals surface area contributed by atoms with Gasteiger partial charge in [0.05, 0.1) is 15.5 Å². The standard InChI is InChI=1S/C17H22N2O4S2/c1-12-6-8-15(9-7-12)24(20,21)18-17-11-16(10-13(2)14(17)3)25(22,23)19(4)5/h6-11,18H,1-5H3. The van der Waals surface area contributed by atoms with Crippen LogP contribution in [0.3, 0.4) is 0 Å². The van der Waals surface area contributed by atoms with E-state index in [1.54, 1.807) is 26.0 Å². The highest BCUT2D eigenvalue weighted by Crippen LogP contribution is 2.27. The highest BCUT2D eigenvalue weighted by molar-refractivity contribution is 7.92. The molecule has 0 radical (unpaired) electrons. The van der Waals surface area contributed by atoms with Gasteiger partial charge in [-0.15, -0.1) is 0 Å². The Morgan fingerprint density at radius 1 is 0.840 bits per heavy atom. The molecule has 0 unspecified atom stereocenters. The molecule has 0 saturated heterocycles. The van der Waals surface area contributed by atoms with Gasteiger partial charge in [-0.2, -0.15) is 0 Å². The zero-order valence-corrected chi connectivity index (χ0v) is 16.5. The number of benzene rings is 2. The minimum absolute atomic E-state index is 0.0437. The van der Waals surface area contributed by atoms with E-state index >= 15 is 0 Å². The van der Waals surface area contributed by atoms with Gasteiger partial charge in [0.15, 0.2) is 0 Å². The van der Waals surface area contributed by atoms with Crippen LogP contribution in [0.4, 0.5) is 5.69 Å². The van der Waals surface area contributed by atoms with Gasteiger partial charge >= 0.3 is 0 Å². The van der Waals surface area contributed by atoms with Crippen LogP contribution in [0.25, 0.3) is 0 Å². The van der Waals surface area contributed by atoms with Crippen molar-refractivity contribution in [3.63, 3.8) is 0 Å². The van der Waals surface area contributed by atoms with E-state index in [2.05, 4.69) is 4.72 Å². The van der Waals surface area contributed by atoms with E-state index in [-0.39, 0.29) is 15.5 Å². The van der Waals surface area contributed by atoms with E-state index in [0.29, 0.717) is 11.1 Å². The van der Waals surface area contributed by atoms with Crippen LogP contribution in [0.2, 0.25) is 0 Å². The summed E-state index contributed by atoms with van der Waals surface area (Å²) < 4.78 is 53.5. The van der Waals surface area contributed by atoms with Crippen molar-refractivity contribution >= 4 is 25.7 Å². The van der Waals surface area contributed by atoms with Crippen molar-refractivity contribution in [3.8, 4) is 0 Å². The van der Waals surface area contributed by atoms with Gasteiger partial charge in [-0.1, -0.05) is 17.7 Å². The second-order valence-corrected chi connectivity index (χ2v) is 9.95. The molecule has 0 atom stereocenters. The topological polar surface area (TPSA) is 83.5 Å². The third kappa shape index (κ3) is 4.02. The normalized spacial score (nSPS) is 12.4. The number of rotatable bonds is 5. The molecule has 6 nitrogen and oxygen atoms in total. The van der Waals surface area contributed by atoms with Gasteiger partial charge in [0.1, 0.15) is 0 Å². The molecule has 0 saturated carbocycles. The average molecular weight is 383 g/mol. The van der Waals surface area contributed by atoms with Gasteiger partial charge in [0, 0.05) is 14.1 Å². The maximum atomic E-state index is 12.6. The molecule has 0 aromatic heterocycles. The van der Waals surface area contributed by atoms with Gasteiger partial charge < -0.3 is 0 Å². The van der Waals surface area contributed by atoms with Gasteiger partial charge in [0.25, 0.3) is 10.0 Å². The second kappa shape index (κ2) is 6.78. The molecule has 0 spiro atoms. The van der Waals surface area contributed by atoms with Crippen LogP contribution in [0.1, 0.15) is 16.7 Å². The Kier molecular flexibility index (Phi) is 5.27. The summed E-state index contributed by atoms with van der Waals surface area (Å²) >= 11 is 0. The van der Waals surface area contributed by atoms with Gasteiger partial charge in [-0.3, -0.25) is 4.72 Å². The molecule has 0 amide bonds. The molecule has 8 heteroatoms. The maximum absolute atomic E-state index is 12.6. The number of hydrogen-bond acceptors (Lipinski definition) is 4. The lowest BCUT2D eigenvalue weighted by Gasteiger charge is -2.17. The van der Waals surface area contributed by atoms with Gasteiger partial charge in [-0.05, 0) is 56.2 Å². The molecule has 1 N–H and O–H groups in total. The number of nitrogens with zero attached hydrogens (tertiary/aromatic N) is 1. The van der Waals surface area contributed by atoms with Crippen LogP contribution in [0.5, 0.6) is 0 Å². The Bertz CT molecular complexity index is 994. The molecule has 2 rings (SSSR count). The highest BCUT2D eigenvalue weighted by Gasteiger charge is 2.22. The summed E-state index contributed by atoms with van der Waals surface area (Å²) in [4.78, 5) is 0.165. The van der Waals surface area contributed by atoms with Crippen molar-refractivity contribution in [1.82, 2.24) is 4.31 Å². The molecule has 0 aliphatic rings. The molecule has 2 aromatic rings. The maximum Gasteiger partial charge on any atom is 0.261 e. The van der Waals surface area contributed by atoms with Gasteiger partial charge in [-0.25, -0.2) is 21.1 Å². The number of nitrogens with one attached hydrogen (secondary N) is 1. The molecule has 136 valence electrons. The summed E-state index contributed by atoms with van der Waals surface area (Å²) in [5.74, 6) is 0. The van der Waals surface area contributed by atoms with E-state index in [0.717, 1.165) is 9.87 Å². The number of anilines is 1. The Labute approximate surface area is 149 Å². The lowest BCUT2D eigenvalue weighted by atomic mass is 10.1. The quantitative estimate of drug-likeness (QED) is 0.862. The Hall–Kier alpha value is -1.90. The van der Waals surface area contributed by atoms with Crippen molar-refractivity contribution in [2.24, 2.45) is 0 Å². The third-order valence-electron chi connectivity index (χ3n) is 4.00. The second-order valence-electron chi connectivity index (χ2n) is 6.12. The summed E-state index contributed by atoms with van der Waals surface area (Å²) in [5, 5.41) is 0. The van der Waals surface area contributed by atoms with E-state index in [9.17, 15) is 16.8 Å². The molecular formula is C17H22N2O4S2.